The molecule has 1 saturated heterocycles. The predicted molar refractivity (Wildman–Crippen MR) is 121 cm³/mol. The van der Waals surface area contributed by atoms with Crippen molar-refractivity contribution < 1.29 is 18.7 Å². The molecule has 9 nitrogen and oxygen atoms in total. The van der Waals surface area contributed by atoms with Crippen LogP contribution >= 0.6 is 0 Å². The van der Waals surface area contributed by atoms with Gasteiger partial charge in [0.1, 0.15) is 5.82 Å². The number of halogens is 1. The van der Waals surface area contributed by atoms with Crippen LogP contribution in [-0.4, -0.2) is 63.0 Å². The monoisotopic (exact) mass is 466 g/mol. The number of carbonyl (C=O) groups excluding carboxylic acids is 2. The number of carbonyl (C=O) groups is 2. The zero-order valence-electron chi connectivity index (χ0n) is 19.1. The first-order valence-corrected chi connectivity index (χ1v) is 11.1. The Labute approximate surface area is 196 Å². The van der Waals surface area contributed by atoms with E-state index in [1.807, 2.05) is 25.1 Å². The number of ether oxygens (including phenoxy) is 1. The van der Waals surface area contributed by atoms with Crippen molar-refractivity contribution in [3.63, 3.8) is 0 Å². The molecule has 3 aromatic rings. The molecule has 1 aromatic carbocycles. The van der Waals surface area contributed by atoms with Crippen LogP contribution in [0.1, 0.15) is 39.9 Å². The van der Waals surface area contributed by atoms with E-state index in [2.05, 4.69) is 25.5 Å². The molecular formula is C24H27FN6O3. The summed E-state index contributed by atoms with van der Waals surface area (Å²) in [7, 11) is 1.29. The molecule has 34 heavy (non-hydrogen) atoms. The molecule has 0 unspecified atom stereocenters. The second-order valence-electron chi connectivity index (χ2n) is 8.35. The number of likely N-dealkylation sites (tertiary alicyclic amines) is 1. The quantitative estimate of drug-likeness (QED) is 0.507. The largest absolute Gasteiger partial charge is 0.464 e. The average Bonchev–Trinajstić information content (AvgIpc) is 3.47. The van der Waals surface area contributed by atoms with Crippen molar-refractivity contribution in [2.45, 2.75) is 38.4 Å². The molecule has 2 atom stereocenters. The second kappa shape index (κ2) is 10.5. The highest BCUT2D eigenvalue weighted by Gasteiger charge is 2.38. The number of methoxy groups -OCH3 is 1. The van der Waals surface area contributed by atoms with Gasteiger partial charge < -0.3 is 10.1 Å². The molecule has 1 aliphatic rings. The molecule has 1 fully saturated rings. The van der Waals surface area contributed by atoms with E-state index >= 15 is 0 Å². The maximum atomic E-state index is 13.1. The number of nitrogens with one attached hydrogen (secondary N) is 1. The second-order valence-corrected chi connectivity index (χ2v) is 8.35. The third-order valence-electron chi connectivity index (χ3n) is 5.90. The number of rotatable bonds is 8. The van der Waals surface area contributed by atoms with Gasteiger partial charge in [0.15, 0.2) is 5.69 Å². The van der Waals surface area contributed by atoms with Gasteiger partial charge in [-0.2, -0.15) is 0 Å². The van der Waals surface area contributed by atoms with E-state index in [-0.39, 0.29) is 23.5 Å². The van der Waals surface area contributed by atoms with Gasteiger partial charge in [0.05, 0.1) is 31.1 Å². The maximum Gasteiger partial charge on any atom is 0.360 e. The van der Waals surface area contributed by atoms with Gasteiger partial charge in [0, 0.05) is 25.3 Å². The van der Waals surface area contributed by atoms with Crippen molar-refractivity contribution in [1.29, 1.82) is 0 Å². The molecule has 1 amide bonds. The van der Waals surface area contributed by atoms with E-state index in [0.29, 0.717) is 32.5 Å². The number of aryl methyl sites for hydroxylation is 1. The number of hydrogen-bond donors (Lipinski definition) is 1. The van der Waals surface area contributed by atoms with Crippen molar-refractivity contribution in [3.8, 4) is 0 Å². The first-order valence-electron chi connectivity index (χ1n) is 11.1. The third kappa shape index (κ3) is 5.63. The minimum Gasteiger partial charge on any atom is -0.464 e. The Morgan fingerprint density at radius 1 is 1.21 bits per heavy atom. The summed E-state index contributed by atoms with van der Waals surface area (Å²) >= 11 is 0. The Kier molecular flexibility index (Phi) is 7.27. The smallest absolute Gasteiger partial charge is 0.360 e. The number of aromatic nitrogens is 4. The van der Waals surface area contributed by atoms with Crippen molar-refractivity contribution in [3.05, 3.63) is 77.1 Å². The molecule has 1 aliphatic heterocycles. The maximum absolute atomic E-state index is 13.1. The normalized spacial score (nSPS) is 18.1. The highest BCUT2D eigenvalue weighted by Crippen LogP contribution is 2.28. The topological polar surface area (TPSA) is 102 Å². The molecule has 178 valence electrons. The number of amides is 1. The summed E-state index contributed by atoms with van der Waals surface area (Å²) in [5, 5.41) is 11.0. The molecule has 3 heterocycles. The fourth-order valence-corrected chi connectivity index (χ4v) is 4.17. The molecule has 4 rings (SSSR count). The number of nitrogens with zero attached hydrogens (tertiary/aromatic N) is 5. The SMILES string of the molecule is COC(=O)c1cn([C@H]2C[C@@H](C(=O)NCCc3ccc(F)cc3)N(Cc3cccc(C)n3)C2)nn1. The fourth-order valence-electron chi connectivity index (χ4n) is 4.17. The summed E-state index contributed by atoms with van der Waals surface area (Å²) in [4.78, 5) is 31.5. The Balaban J connectivity index is 1.45. The Hall–Kier alpha value is -3.66. The Morgan fingerprint density at radius 3 is 2.74 bits per heavy atom. The molecule has 0 bridgehead atoms. The van der Waals surface area contributed by atoms with Crippen LogP contribution in [0.2, 0.25) is 0 Å². The van der Waals surface area contributed by atoms with Gasteiger partial charge in [-0.25, -0.2) is 13.9 Å². The predicted octanol–water partition coefficient (Wildman–Crippen LogP) is 2.08. The molecule has 2 aromatic heterocycles. The lowest BCUT2D eigenvalue weighted by Crippen LogP contribution is -2.43. The van der Waals surface area contributed by atoms with Crippen LogP contribution in [0.3, 0.4) is 0 Å². The molecule has 0 spiro atoms. The summed E-state index contributed by atoms with van der Waals surface area (Å²) in [6, 6.07) is 11.5. The van der Waals surface area contributed by atoms with Gasteiger partial charge in [0.25, 0.3) is 0 Å². The average molecular weight is 467 g/mol. The summed E-state index contributed by atoms with van der Waals surface area (Å²) < 4.78 is 19.4. The molecule has 0 saturated carbocycles. The first kappa shape index (κ1) is 23.5. The zero-order valence-corrected chi connectivity index (χ0v) is 19.1. The van der Waals surface area contributed by atoms with Crippen molar-refractivity contribution in [2.75, 3.05) is 20.2 Å². The number of hydrogen-bond acceptors (Lipinski definition) is 7. The third-order valence-corrected chi connectivity index (χ3v) is 5.90. The summed E-state index contributed by atoms with van der Waals surface area (Å²) in [6.07, 6.45) is 2.67. The number of pyridine rings is 1. The minimum atomic E-state index is -0.555. The standard InChI is InChI=1S/C24H27FN6O3/c1-16-4-3-5-19(27-16)13-30-14-20(31-15-21(28-29-31)24(33)34-2)12-22(30)23(32)26-11-10-17-6-8-18(25)9-7-17/h3-9,15,20,22H,10-14H2,1-2H3,(H,26,32)/t20-,22-/m0/s1. The number of esters is 1. The van der Waals surface area contributed by atoms with Gasteiger partial charge in [-0.05, 0) is 49.6 Å². The lowest BCUT2D eigenvalue weighted by atomic mass is 10.1. The van der Waals surface area contributed by atoms with Gasteiger partial charge >= 0.3 is 5.97 Å². The van der Waals surface area contributed by atoms with E-state index in [4.69, 9.17) is 4.74 Å². The molecule has 0 radical (unpaired) electrons. The molecule has 0 aliphatic carbocycles. The highest BCUT2D eigenvalue weighted by atomic mass is 19.1. The van der Waals surface area contributed by atoms with Crippen LogP contribution in [0.15, 0.2) is 48.7 Å². The van der Waals surface area contributed by atoms with E-state index in [1.54, 1.807) is 23.0 Å². The lowest BCUT2D eigenvalue weighted by Gasteiger charge is -2.23. The van der Waals surface area contributed by atoms with Crippen LogP contribution in [0.25, 0.3) is 0 Å². The van der Waals surface area contributed by atoms with Crippen molar-refractivity contribution in [2.24, 2.45) is 0 Å². The van der Waals surface area contributed by atoms with Gasteiger partial charge in [-0.3, -0.25) is 14.7 Å². The Morgan fingerprint density at radius 2 is 2.00 bits per heavy atom. The van der Waals surface area contributed by atoms with E-state index < -0.39 is 12.0 Å². The minimum absolute atomic E-state index is 0.0921. The van der Waals surface area contributed by atoms with Gasteiger partial charge in [0.2, 0.25) is 5.91 Å². The highest BCUT2D eigenvalue weighted by molar-refractivity contribution is 5.86. The number of benzene rings is 1. The van der Waals surface area contributed by atoms with E-state index in [9.17, 15) is 14.0 Å². The molecule has 10 heteroatoms. The lowest BCUT2D eigenvalue weighted by molar-refractivity contribution is -0.125. The van der Waals surface area contributed by atoms with Crippen LogP contribution < -0.4 is 5.32 Å². The summed E-state index contributed by atoms with van der Waals surface area (Å²) in [5.74, 6) is -0.931. The molecular weight excluding hydrogens is 439 g/mol. The van der Waals surface area contributed by atoms with Crippen LogP contribution in [0.5, 0.6) is 0 Å². The Bertz CT molecular complexity index is 1150. The first-order chi connectivity index (χ1) is 16.4. The fraction of sp³-hybridized carbons (Fsp3) is 0.375. The van der Waals surface area contributed by atoms with Crippen molar-refractivity contribution in [1.82, 2.24) is 30.2 Å². The zero-order chi connectivity index (χ0) is 24.1. The summed E-state index contributed by atoms with van der Waals surface area (Å²) in [6.45, 7) is 3.43. The van der Waals surface area contributed by atoms with Crippen LogP contribution in [0, 0.1) is 12.7 Å². The van der Waals surface area contributed by atoms with Crippen LogP contribution in [-0.2, 0) is 22.5 Å². The van der Waals surface area contributed by atoms with E-state index in [0.717, 1.165) is 17.0 Å². The van der Waals surface area contributed by atoms with E-state index in [1.165, 1.54) is 19.2 Å². The van der Waals surface area contributed by atoms with Gasteiger partial charge in [-0.1, -0.05) is 23.4 Å². The summed E-state index contributed by atoms with van der Waals surface area (Å²) in [5.41, 5.74) is 2.86. The molecule has 1 N–H and O–H groups in total. The van der Waals surface area contributed by atoms with Crippen LogP contribution in [0.4, 0.5) is 4.39 Å². The van der Waals surface area contributed by atoms with Crippen molar-refractivity contribution >= 4 is 11.9 Å². The van der Waals surface area contributed by atoms with Gasteiger partial charge in [-0.15, -0.1) is 5.10 Å².